The molecule has 0 aliphatic rings. The second-order valence-electron chi connectivity index (χ2n) is 6.40. The number of rotatable bonds is 7. The van der Waals surface area contributed by atoms with E-state index in [2.05, 4.69) is 87.0 Å². The largest absolute Gasteiger partial charge is 0.489 e. The summed E-state index contributed by atoms with van der Waals surface area (Å²) in [5, 5.41) is 2.42. The first-order valence-corrected chi connectivity index (χ1v) is 8.74. The highest BCUT2D eigenvalue weighted by Crippen LogP contribution is 2.27. The highest BCUT2D eigenvalue weighted by Gasteiger charge is 2.13. The van der Waals surface area contributed by atoms with Gasteiger partial charge in [-0.1, -0.05) is 73.2 Å². The third kappa shape index (κ3) is 4.17. The zero-order chi connectivity index (χ0) is 16.8. The number of benzene rings is 3. The molecule has 1 unspecified atom stereocenters. The van der Waals surface area contributed by atoms with Crippen molar-refractivity contribution in [2.24, 2.45) is 0 Å². The molecule has 0 aliphatic carbocycles. The van der Waals surface area contributed by atoms with Crippen LogP contribution in [0.1, 0.15) is 30.9 Å². The Bertz CT molecular complexity index is 785. The Labute approximate surface area is 145 Å². The molecule has 24 heavy (non-hydrogen) atoms. The lowest BCUT2D eigenvalue weighted by molar-refractivity contribution is 0.194. The van der Waals surface area contributed by atoms with E-state index >= 15 is 0 Å². The molecule has 1 atom stereocenters. The molecule has 0 aliphatic heterocycles. The van der Waals surface area contributed by atoms with Crippen molar-refractivity contribution in [3.63, 3.8) is 0 Å². The van der Waals surface area contributed by atoms with Crippen LogP contribution in [0.5, 0.6) is 5.75 Å². The molecule has 123 valence electrons. The predicted octanol–water partition coefficient (Wildman–Crippen LogP) is 6.14. The van der Waals surface area contributed by atoms with Crippen LogP contribution in [0.15, 0.2) is 66.7 Å². The van der Waals surface area contributed by atoms with Gasteiger partial charge in [0.2, 0.25) is 0 Å². The first-order chi connectivity index (χ1) is 11.8. The van der Waals surface area contributed by atoms with Gasteiger partial charge in [-0.05, 0) is 43.2 Å². The SMILES string of the molecule is C[CH]CCC(Cc1cccc(C)c1)Oc1cccc2ccccc12. The molecular weight excluding hydrogens is 292 g/mol. The van der Waals surface area contributed by atoms with Crippen LogP contribution in [-0.4, -0.2) is 6.10 Å². The Hall–Kier alpha value is -2.28. The summed E-state index contributed by atoms with van der Waals surface area (Å²) in [6.45, 7) is 4.26. The number of unbranched alkanes of at least 4 members (excludes halogenated alkanes) is 1. The molecule has 1 nitrogen and oxygen atoms in total. The van der Waals surface area contributed by atoms with Crippen LogP contribution in [0.2, 0.25) is 0 Å². The quantitative estimate of drug-likeness (QED) is 0.508. The van der Waals surface area contributed by atoms with Crippen molar-refractivity contribution in [2.75, 3.05) is 0 Å². The van der Waals surface area contributed by atoms with Gasteiger partial charge in [0.25, 0.3) is 0 Å². The molecule has 0 saturated heterocycles. The third-order valence-electron chi connectivity index (χ3n) is 4.37. The standard InChI is InChI=1S/C23H25O/c1-3-4-13-21(17-19-10-7-9-18(2)16-19)24-23-15-8-12-20-11-5-6-14-22(20)23/h3,5-12,14-16,21H,4,13,17H2,1-2H3. The van der Waals surface area contributed by atoms with Gasteiger partial charge in [-0.3, -0.25) is 0 Å². The van der Waals surface area contributed by atoms with Gasteiger partial charge in [0.15, 0.2) is 0 Å². The summed E-state index contributed by atoms with van der Waals surface area (Å²) in [5.41, 5.74) is 2.65. The van der Waals surface area contributed by atoms with Crippen molar-refractivity contribution in [1.29, 1.82) is 0 Å². The van der Waals surface area contributed by atoms with Crippen LogP contribution < -0.4 is 4.74 Å². The first kappa shape index (κ1) is 16.6. The number of hydrogen-bond acceptors (Lipinski definition) is 1. The number of ether oxygens (including phenoxy) is 1. The van der Waals surface area contributed by atoms with Crippen molar-refractivity contribution >= 4 is 10.8 Å². The van der Waals surface area contributed by atoms with Gasteiger partial charge in [0.1, 0.15) is 11.9 Å². The molecule has 0 spiro atoms. The molecule has 0 saturated carbocycles. The lowest BCUT2D eigenvalue weighted by Gasteiger charge is -2.20. The lowest BCUT2D eigenvalue weighted by Crippen LogP contribution is -2.20. The zero-order valence-electron chi connectivity index (χ0n) is 14.5. The van der Waals surface area contributed by atoms with Crippen molar-refractivity contribution in [1.82, 2.24) is 0 Å². The maximum Gasteiger partial charge on any atom is 0.127 e. The lowest BCUT2D eigenvalue weighted by atomic mass is 10.0. The molecule has 0 heterocycles. The van der Waals surface area contributed by atoms with Gasteiger partial charge in [0, 0.05) is 11.8 Å². The van der Waals surface area contributed by atoms with E-state index < -0.39 is 0 Å². The van der Waals surface area contributed by atoms with Gasteiger partial charge in [-0.25, -0.2) is 0 Å². The topological polar surface area (TPSA) is 9.23 Å². The van der Waals surface area contributed by atoms with Gasteiger partial charge >= 0.3 is 0 Å². The summed E-state index contributed by atoms with van der Waals surface area (Å²) in [5.74, 6) is 0.988. The van der Waals surface area contributed by atoms with Crippen LogP contribution in [0.3, 0.4) is 0 Å². The highest BCUT2D eigenvalue weighted by atomic mass is 16.5. The van der Waals surface area contributed by atoms with E-state index in [1.165, 1.54) is 21.9 Å². The highest BCUT2D eigenvalue weighted by molar-refractivity contribution is 5.88. The number of hydrogen-bond donors (Lipinski definition) is 0. The van der Waals surface area contributed by atoms with Crippen LogP contribution in [0, 0.1) is 13.3 Å². The molecule has 0 N–H and O–H groups in total. The Morgan fingerprint density at radius 1 is 0.958 bits per heavy atom. The van der Waals surface area contributed by atoms with Gasteiger partial charge < -0.3 is 4.74 Å². The minimum Gasteiger partial charge on any atom is -0.489 e. The molecule has 3 rings (SSSR count). The molecule has 1 radical (unpaired) electrons. The van der Waals surface area contributed by atoms with E-state index in [0.717, 1.165) is 25.0 Å². The first-order valence-electron chi connectivity index (χ1n) is 8.74. The third-order valence-corrected chi connectivity index (χ3v) is 4.37. The summed E-state index contributed by atoms with van der Waals surface area (Å²) >= 11 is 0. The average Bonchev–Trinajstić information content (AvgIpc) is 2.60. The zero-order valence-corrected chi connectivity index (χ0v) is 14.5. The van der Waals surface area contributed by atoms with Gasteiger partial charge in [-0.2, -0.15) is 0 Å². The fourth-order valence-electron chi connectivity index (χ4n) is 3.14. The summed E-state index contributed by atoms with van der Waals surface area (Å²) in [6.07, 6.45) is 5.46. The van der Waals surface area contributed by atoms with Crippen molar-refractivity contribution in [2.45, 2.75) is 39.2 Å². The number of fused-ring (bicyclic) bond motifs is 1. The Morgan fingerprint density at radius 2 is 1.75 bits per heavy atom. The fourth-order valence-corrected chi connectivity index (χ4v) is 3.14. The van der Waals surface area contributed by atoms with Crippen molar-refractivity contribution < 1.29 is 4.74 Å². The monoisotopic (exact) mass is 317 g/mol. The summed E-state index contributed by atoms with van der Waals surface area (Å²) in [6, 6.07) is 23.4. The minimum absolute atomic E-state index is 0.189. The molecule has 0 aromatic heterocycles. The molecule has 3 aromatic carbocycles. The molecule has 0 fully saturated rings. The van der Waals surface area contributed by atoms with E-state index in [9.17, 15) is 0 Å². The number of aryl methyl sites for hydroxylation is 1. The van der Waals surface area contributed by atoms with E-state index in [1.807, 2.05) is 0 Å². The summed E-state index contributed by atoms with van der Waals surface area (Å²) < 4.78 is 6.45. The fraction of sp³-hybridized carbons (Fsp3) is 0.261. The predicted molar refractivity (Wildman–Crippen MR) is 102 cm³/mol. The molecule has 0 bridgehead atoms. The maximum absolute atomic E-state index is 6.45. The van der Waals surface area contributed by atoms with E-state index in [0.29, 0.717) is 0 Å². The van der Waals surface area contributed by atoms with Crippen LogP contribution >= 0.6 is 0 Å². The maximum atomic E-state index is 6.45. The molecule has 0 amide bonds. The average molecular weight is 317 g/mol. The van der Waals surface area contributed by atoms with E-state index in [4.69, 9.17) is 4.74 Å². The Morgan fingerprint density at radius 3 is 2.58 bits per heavy atom. The second-order valence-corrected chi connectivity index (χ2v) is 6.40. The molecule has 1 heteroatoms. The van der Waals surface area contributed by atoms with Crippen LogP contribution in [0.4, 0.5) is 0 Å². The molecular formula is C23H25O. The van der Waals surface area contributed by atoms with E-state index in [1.54, 1.807) is 0 Å². The van der Waals surface area contributed by atoms with Gasteiger partial charge in [0.05, 0.1) is 0 Å². The normalized spacial score (nSPS) is 12.2. The Kier molecular flexibility index (Phi) is 5.53. The van der Waals surface area contributed by atoms with Crippen LogP contribution in [0.25, 0.3) is 10.8 Å². The van der Waals surface area contributed by atoms with Crippen molar-refractivity contribution in [3.05, 3.63) is 84.3 Å². The van der Waals surface area contributed by atoms with Crippen LogP contribution in [-0.2, 0) is 6.42 Å². The second kappa shape index (κ2) is 8.01. The van der Waals surface area contributed by atoms with Gasteiger partial charge in [-0.15, -0.1) is 0 Å². The van der Waals surface area contributed by atoms with Crippen molar-refractivity contribution in [3.8, 4) is 5.75 Å². The minimum atomic E-state index is 0.189. The molecule has 3 aromatic rings. The van der Waals surface area contributed by atoms with E-state index in [-0.39, 0.29) is 6.10 Å². The Balaban J connectivity index is 1.83. The smallest absolute Gasteiger partial charge is 0.127 e. The summed E-state index contributed by atoms with van der Waals surface area (Å²) in [7, 11) is 0. The summed E-state index contributed by atoms with van der Waals surface area (Å²) in [4.78, 5) is 0.